The first kappa shape index (κ1) is 33.6. The van der Waals surface area contributed by atoms with Gasteiger partial charge in [0.25, 0.3) is 0 Å². The van der Waals surface area contributed by atoms with Gasteiger partial charge >= 0.3 is 0 Å². The zero-order valence-corrected chi connectivity index (χ0v) is 27.5. The number of carbonyl (C=O) groups excluding carboxylic acids is 3. The lowest BCUT2D eigenvalue weighted by molar-refractivity contribution is -0.139. The second kappa shape index (κ2) is 15.3. The Morgan fingerprint density at radius 3 is 2.08 bits per heavy atom. The van der Waals surface area contributed by atoms with Crippen LogP contribution in [-0.4, -0.2) is 95.1 Å². The fourth-order valence-corrected chi connectivity index (χ4v) is 8.14. The van der Waals surface area contributed by atoms with Crippen LogP contribution in [0.3, 0.4) is 0 Å². The topological polar surface area (TPSA) is 93.2 Å². The van der Waals surface area contributed by atoms with E-state index in [4.69, 9.17) is 0 Å². The summed E-state index contributed by atoms with van der Waals surface area (Å²) < 4.78 is 0. The van der Waals surface area contributed by atoms with Crippen LogP contribution in [-0.2, 0) is 19.8 Å². The van der Waals surface area contributed by atoms with Gasteiger partial charge in [0.15, 0.2) is 0 Å². The molecule has 48 heavy (non-hydrogen) atoms. The van der Waals surface area contributed by atoms with E-state index in [0.717, 1.165) is 49.2 Å². The summed E-state index contributed by atoms with van der Waals surface area (Å²) in [6.45, 7) is 7.71. The number of nitrogens with one attached hydrogen (secondary N) is 1. The van der Waals surface area contributed by atoms with Crippen molar-refractivity contribution >= 4 is 17.8 Å². The Morgan fingerprint density at radius 2 is 1.52 bits per heavy atom. The molecule has 0 radical (unpaired) electrons. The highest BCUT2D eigenvalue weighted by Crippen LogP contribution is 2.43. The Kier molecular flexibility index (Phi) is 10.7. The first-order valence-electron chi connectivity index (χ1n) is 17.2. The van der Waals surface area contributed by atoms with Gasteiger partial charge in [-0.3, -0.25) is 19.4 Å². The van der Waals surface area contributed by atoms with E-state index < -0.39 is 23.7 Å². The Labute approximate surface area is 283 Å². The zero-order chi connectivity index (χ0) is 33.5. The van der Waals surface area contributed by atoms with Crippen molar-refractivity contribution in [2.75, 3.05) is 39.3 Å². The lowest BCUT2D eigenvalue weighted by atomic mass is 9.67. The lowest BCUT2D eigenvalue weighted by Crippen LogP contribution is -2.55. The number of aliphatic hydroxyl groups excluding tert-OH is 1. The lowest BCUT2D eigenvalue weighted by Gasteiger charge is -2.40. The molecule has 3 aromatic carbocycles. The molecule has 6 rings (SSSR count). The number of nitrogens with zero attached hydrogens (tertiary/aromatic N) is 3. The summed E-state index contributed by atoms with van der Waals surface area (Å²) in [6.07, 6.45) is 3.54. The third-order valence-corrected chi connectivity index (χ3v) is 10.4. The number of β-amino-alcohol motifs (C(OH)–C–C–N with tert-alkyl or cyclic N) is 1. The summed E-state index contributed by atoms with van der Waals surface area (Å²) in [7, 11) is 0. The SMILES string of the molecule is C=CCN1CCC[C@H](CNC(=O)[C@H]2C(=C=O)CCN2[C@@H]2C[C@@H](O)CN2C(=O)CC(c2ccccc2)(c2ccccc2)c2ccccc2)C1. The van der Waals surface area contributed by atoms with E-state index in [9.17, 15) is 19.5 Å². The summed E-state index contributed by atoms with van der Waals surface area (Å²) in [5.41, 5.74) is 2.57. The van der Waals surface area contributed by atoms with Gasteiger partial charge in [-0.1, -0.05) is 97.1 Å². The molecule has 8 nitrogen and oxygen atoms in total. The van der Waals surface area contributed by atoms with Gasteiger partial charge < -0.3 is 15.3 Å². The number of carbonyl (C=O) groups is 2. The Morgan fingerprint density at radius 1 is 0.917 bits per heavy atom. The fourth-order valence-electron chi connectivity index (χ4n) is 8.14. The summed E-state index contributed by atoms with van der Waals surface area (Å²) in [6, 6.07) is 29.4. The van der Waals surface area contributed by atoms with Gasteiger partial charge in [-0.05, 0) is 48.4 Å². The van der Waals surface area contributed by atoms with Crippen LogP contribution in [0.2, 0.25) is 0 Å². The molecule has 0 spiro atoms. The van der Waals surface area contributed by atoms with Crippen molar-refractivity contribution < 1.29 is 19.5 Å². The van der Waals surface area contributed by atoms with Crippen LogP contribution >= 0.6 is 0 Å². The van der Waals surface area contributed by atoms with E-state index in [1.807, 2.05) is 71.5 Å². The summed E-state index contributed by atoms with van der Waals surface area (Å²) in [5, 5.41) is 14.1. The molecule has 3 aliphatic heterocycles. The molecule has 3 aliphatic rings. The van der Waals surface area contributed by atoms with Gasteiger partial charge in [0.1, 0.15) is 12.0 Å². The van der Waals surface area contributed by atoms with Crippen LogP contribution in [0.4, 0.5) is 0 Å². The largest absolute Gasteiger partial charge is 0.391 e. The molecule has 3 heterocycles. The number of hydrogen-bond donors (Lipinski definition) is 2. The molecule has 2 amide bonds. The van der Waals surface area contributed by atoms with Crippen LogP contribution in [0.15, 0.2) is 109 Å². The number of rotatable bonds is 11. The van der Waals surface area contributed by atoms with Crippen molar-refractivity contribution in [1.29, 1.82) is 0 Å². The molecule has 0 aliphatic carbocycles. The molecular weight excluding hydrogens is 600 g/mol. The monoisotopic (exact) mass is 646 g/mol. The van der Waals surface area contributed by atoms with Gasteiger partial charge in [0.2, 0.25) is 11.8 Å². The zero-order valence-electron chi connectivity index (χ0n) is 27.5. The number of hydrogen-bond acceptors (Lipinski definition) is 6. The van der Waals surface area contributed by atoms with Crippen molar-refractivity contribution in [1.82, 2.24) is 20.0 Å². The second-order valence-electron chi connectivity index (χ2n) is 13.4. The molecule has 0 bridgehead atoms. The van der Waals surface area contributed by atoms with Crippen LogP contribution < -0.4 is 5.32 Å². The molecule has 250 valence electrons. The Bertz CT molecular complexity index is 1510. The highest BCUT2D eigenvalue weighted by Gasteiger charge is 2.48. The number of benzene rings is 3. The maximum absolute atomic E-state index is 14.7. The minimum Gasteiger partial charge on any atom is -0.391 e. The minimum absolute atomic E-state index is 0.123. The minimum atomic E-state index is -0.830. The van der Waals surface area contributed by atoms with Gasteiger partial charge in [0.05, 0.1) is 17.7 Å². The molecule has 2 N–H and O–H groups in total. The summed E-state index contributed by atoms with van der Waals surface area (Å²) in [5.74, 6) is 1.99. The summed E-state index contributed by atoms with van der Waals surface area (Å²) in [4.78, 5) is 46.7. The van der Waals surface area contributed by atoms with E-state index in [1.54, 1.807) is 4.90 Å². The van der Waals surface area contributed by atoms with Gasteiger partial charge in [0, 0.05) is 51.1 Å². The number of piperidine rings is 1. The first-order valence-corrected chi connectivity index (χ1v) is 17.2. The van der Waals surface area contributed by atoms with Crippen molar-refractivity contribution in [3.63, 3.8) is 0 Å². The molecule has 3 saturated heterocycles. The molecule has 4 atom stereocenters. The standard InChI is InChI=1S/C40H46N4O4/c1-2-21-42-22-12-13-30(27-42)26-41-39(48)38-31(29-45)20-23-43(38)36-24-35(46)28-44(36)37(47)25-40(32-14-6-3-7-15-32,33-16-8-4-9-17-33)34-18-10-5-11-19-34/h2-11,14-19,30,35-36,38,46H,1,12-13,20-28H2,(H,41,48)/t30-,35-,36+,38-/m1/s1. The van der Waals surface area contributed by atoms with E-state index >= 15 is 0 Å². The maximum Gasteiger partial charge on any atom is 0.242 e. The summed E-state index contributed by atoms with van der Waals surface area (Å²) >= 11 is 0. The van der Waals surface area contributed by atoms with Crippen LogP contribution in [0, 0.1) is 5.92 Å². The van der Waals surface area contributed by atoms with Crippen molar-refractivity contribution in [3.8, 4) is 0 Å². The Hall–Kier alpha value is -4.33. The molecular formula is C40H46N4O4. The normalized spacial score (nSPS) is 23.5. The number of aliphatic hydroxyl groups is 1. The molecule has 8 heteroatoms. The molecule has 0 saturated carbocycles. The molecule has 3 fully saturated rings. The third kappa shape index (κ3) is 6.94. The van der Waals surface area contributed by atoms with E-state index in [2.05, 4.69) is 53.2 Å². The maximum atomic E-state index is 14.7. The predicted molar refractivity (Wildman–Crippen MR) is 187 cm³/mol. The second-order valence-corrected chi connectivity index (χ2v) is 13.4. The Balaban J connectivity index is 1.28. The highest BCUT2D eigenvalue weighted by molar-refractivity contribution is 5.88. The molecule has 0 unspecified atom stereocenters. The van der Waals surface area contributed by atoms with Gasteiger partial charge in [-0.15, -0.1) is 6.58 Å². The number of likely N-dealkylation sites (tertiary alicyclic amines) is 3. The van der Waals surface area contributed by atoms with Crippen LogP contribution in [0.25, 0.3) is 0 Å². The van der Waals surface area contributed by atoms with E-state index in [1.165, 1.54) is 0 Å². The number of amides is 2. The average molecular weight is 647 g/mol. The van der Waals surface area contributed by atoms with E-state index in [0.29, 0.717) is 37.4 Å². The average Bonchev–Trinajstić information content (AvgIpc) is 3.74. The van der Waals surface area contributed by atoms with Gasteiger partial charge in [-0.2, -0.15) is 0 Å². The van der Waals surface area contributed by atoms with Gasteiger partial charge in [-0.25, -0.2) is 4.79 Å². The van der Waals surface area contributed by atoms with Crippen LogP contribution in [0.5, 0.6) is 0 Å². The highest BCUT2D eigenvalue weighted by atomic mass is 16.3. The van der Waals surface area contributed by atoms with E-state index in [-0.39, 0.29) is 24.8 Å². The quantitative estimate of drug-likeness (QED) is 0.185. The van der Waals surface area contributed by atoms with Crippen molar-refractivity contribution in [3.05, 3.63) is 126 Å². The smallest absolute Gasteiger partial charge is 0.242 e. The molecule has 0 aromatic heterocycles. The van der Waals surface area contributed by atoms with Crippen LogP contribution in [0.1, 0.15) is 48.8 Å². The van der Waals surface area contributed by atoms with Crippen molar-refractivity contribution in [2.24, 2.45) is 5.92 Å². The van der Waals surface area contributed by atoms with Crippen molar-refractivity contribution in [2.45, 2.75) is 55.8 Å². The molecule has 3 aromatic rings. The fraction of sp³-hybridized carbons (Fsp3) is 0.400. The predicted octanol–water partition coefficient (Wildman–Crippen LogP) is 4.18. The first-order chi connectivity index (χ1) is 23.4. The third-order valence-electron chi connectivity index (χ3n) is 10.4.